The lowest BCUT2D eigenvalue weighted by Gasteiger charge is -2.24. The zero-order valence-electron chi connectivity index (χ0n) is 18.2. The van der Waals surface area contributed by atoms with E-state index in [0.717, 1.165) is 0 Å². The minimum absolute atomic E-state index is 0.0175. The number of primary amides is 1. The van der Waals surface area contributed by atoms with Gasteiger partial charge in [-0.25, -0.2) is 4.79 Å². The molecule has 0 radical (unpaired) electrons. The van der Waals surface area contributed by atoms with Crippen molar-refractivity contribution in [3.8, 4) is 0 Å². The van der Waals surface area contributed by atoms with Crippen molar-refractivity contribution in [1.29, 1.82) is 0 Å². The van der Waals surface area contributed by atoms with Gasteiger partial charge in [0.15, 0.2) is 0 Å². The number of rotatable bonds is 16. The molecule has 0 aliphatic carbocycles. The van der Waals surface area contributed by atoms with Crippen LogP contribution in [0.25, 0.3) is 0 Å². The highest BCUT2D eigenvalue weighted by Gasteiger charge is 2.32. The summed E-state index contributed by atoms with van der Waals surface area (Å²) in [6.07, 6.45) is -2.04. The van der Waals surface area contributed by atoms with Gasteiger partial charge in [-0.2, -0.15) is 0 Å². The minimum Gasteiger partial charge on any atom is -0.481 e. The van der Waals surface area contributed by atoms with Crippen molar-refractivity contribution in [1.82, 2.24) is 16.0 Å². The second kappa shape index (κ2) is 14.7. The second-order valence-corrected chi connectivity index (χ2v) is 7.34. The summed E-state index contributed by atoms with van der Waals surface area (Å²) < 4.78 is 0. The molecule has 0 aliphatic heterocycles. The molecule has 0 aromatic heterocycles. The number of aliphatic carboxylic acids is 2. The molecule has 0 saturated heterocycles. The topological polar surface area (TPSA) is 277 Å². The Labute approximate surface area is 189 Å². The Kier molecular flexibility index (Phi) is 13.2. The number of nitrogens with one attached hydrogen (secondary N) is 3. The summed E-state index contributed by atoms with van der Waals surface area (Å²) in [5.74, 6) is -7.11. The molecule has 0 bridgehead atoms. The van der Waals surface area contributed by atoms with Gasteiger partial charge in [-0.3, -0.25) is 24.0 Å². The summed E-state index contributed by atoms with van der Waals surface area (Å²) in [7, 11) is 0. The van der Waals surface area contributed by atoms with Crippen LogP contribution in [0.1, 0.15) is 39.0 Å². The largest absolute Gasteiger partial charge is 0.481 e. The van der Waals surface area contributed by atoms with Crippen LogP contribution in [0.3, 0.4) is 0 Å². The smallest absolute Gasteiger partial charge is 0.326 e. The van der Waals surface area contributed by atoms with Crippen LogP contribution in [-0.2, 0) is 28.8 Å². The van der Waals surface area contributed by atoms with Crippen molar-refractivity contribution in [2.75, 3.05) is 6.54 Å². The minimum atomic E-state index is -1.73. The first-order chi connectivity index (χ1) is 15.3. The lowest BCUT2D eigenvalue weighted by molar-refractivity contribution is -0.144. The number of aliphatic hydroxyl groups is 1. The maximum absolute atomic E-state index is 12.6. The molecular weight excluding hydrogens is 444 g/mol. The van der Waals surface area contributed by atoms with Gasteiger partial charge in [0.1, 0.15) is 24.2 Å². The summed E-state index contributed by atoms with van der Waals surface area (Å²) in [5, 5.41) is 34.1. The number of hydrogen-bond acceptors (Lipinski definition) is 9. The Morgan fingerprint density at radius 1 is 0.818 bits per heavy atom. The van der Waals surface area contributed by atoms with E-state index in [1.165, 1.54) is 6.92 Å². The van der Waals surface area contributed by atoms with E-state index < -0.39 is 78.7 Å². The van der Waals surface area contributed by atoms with Crippen molar-refractivity contribution in [3.63, 3.8) is 0 Å². The quantitative estimate of drug-likeness (QED) is 0.0960. The van der Waals surface area contributed by atoms with Gasteiger partial charge in [-0.15, -0.1) is 0 Å². The maximum atomic E-state index is 12.6. The van der Waals surface area contributed by atoms with Crippen LogP contribution < -0.4 is 33.2 Å². The van der Waals surface area contributed by atoms with Crippen LogP contribution in [0.5, 0.6) is 0 Å². The van der Waals surface area contributed by atoms with E-state index in [-0.39, 0.29) is 6.42 Å². The summed E-state index contributed by atoms with van der Waals surface area (Å²) >= 11 is 0. The van der Waals surface area contributed by atoms with Gasteiger partial charge in [0.2, 0.25) is 23.6 Å². The molecule has 15 heteroatoms. The van der Waals surface area contributed by atoms with Crippen molar-refractivity contribution in [2.24, 2.45) is 17.2 Å². The molecule has 0 spiro atoms. The van der Waals surface area contributed by atoms with E-state index in [4.69, 9.17) is 22.3 Å². The van der Waals surface area contributed by atoms with Crippen LogP contribution in [0.15, 0.2) is 0 Å². The number of carbonyl (C=O) groups excluding carboxylic acids is 4. The number of carboxylic acids is 2. The van der Waals surface area contributed by atoms with E-state index in [9.17, 15) is 39.0 Å². The average Bonchev–Trinajstić information content (AvgIpc) is 2.70. The molecule has 0 heterocycles. The Balaban J connectivity index is 5.50. The number of hydrogen-bond donors (Lipinski definition) is 9. The Morgan fingerprint density at radius 2 is 1.30 bits per heavy atom. The number of aliphatic hydroxyl groups excluding tert-OH is 1. The zero-order valence-corrected chi connectivity index (χ0v) is 18.2. The summed E-state index contributed by atoms with van der Waals surface area (Å²) in [5.41, 5.74) is 15.9. The van der Waals surface area contributed by atoms with Crippen molar-refractivity contribution >= 4 is 35.6 Å². The summed E-state index contributed by atoms with van der Waals surface area (Å²) in [4.78, 5) is 71.0. The van der Waals surface area contributed by atoms with E-state index in [2.05, 4.69) is 16.0 Å². The van der Waals surface area contributed by atoms with Crippen molar-refractivity contribution in [2.45, 2.75) is 69.3 Å². The predicted molar refractivity (Wildman–Crippen MR) is 112 cm³/mol. The second-order valence-electron chi connectivity index (χ2n) is 7.34. The number of nitrogens with two attached hydrogens (primary N) is 3. The highest BCUT2D eigenvalue weighted by molar-refractivity contribution is 5.97. The van der Waals surface area contributed by atoms with Gasteiger partial charge in [-0.05, 0) is 32.7 Å². The fourth-order valence-corrected chi connectivity index (χ4v) is 2.58. The molecule has 4 amide bonds. The third-order valence-corrected chi connectivity index (χ3v) is 4.43. The van der Waals surface area contributed by atoms with Crippen LogP contribution in [0.2, 0.25) is 0 Å². The zero-order chi connectivity index (χ0) is 25.7. The fraction of sp³-hybridized carbons (Fsp3) is 0.667. The number of amides is 4. The first kappa shape index (κ1) is 29.7. The maximum Gasteiger partial charge on any atom is 0.326 e. The SMILES string of the molecule is CC(O)C(N)C(=O)NC(CC(N)=O)C(=O)NC(CC(=O)O)C(=O)NC(CCCCN)C(=O)O. The molecule has 0 aromatic carbocycles. The first-order valence-corrected chi connectivity index (χ1v) is 10.1. The van der Waals surface area contributed by atoms with Gasteiger partial charge < -0.3 is 48.5 Å². The normalized spacial score (nSPS) is 15.3. The van der Waals surface area contributed by atoms with Crippen LogP contribution in [0.4, 0.5) is 0 Å². The molecule has 0 aromatic rings. The number of unbranched alkanes of at least 4 members (excludes halogenated alkanes) is 1. The molecule has 188 valence electrons. The lowest BCUT2D eigenvalue weighted by atomic mass is 10.1. The van der Waals surface area contributed by atoms with Crippen LogP contribution in [0, 0.1) is 0 Å². The van der Waals surface area contributed by atoms with Gasteiger partial charge in [0.05, 0.1) is 18.9 Å². The van der Waals surface area contributed by atoms with Gasteiger partial charge in [-0.1, -0.05) is 0 Å². The molecule has 15 nitrogen and oxygen atoms in total. The number of carboxylic acid groups (broad SMARTS) is 2. The molecule has 0 saturated carbocycles. The highest BCUT2D eigenvalue weighted by atomic mass is 16.4. The monoisotopic (exact) mass is 476 g/mol. The predicted octanol–water partition coefficient (Wildman–Crippen LogP) is -4.29. The van der Waals surface area contributed by atoms with E-state index >= 15 is 0 Å². The van der Waals surface area contributed by atoms with E-state index in [0.29, 0.717) is 19.4 Å². The first-order valence-electron chi connectivity index (χ1n) is 10.1. The lowest BCUT2D eigenvalue weighted by Crippen LogP contribution is -2.59. The third kappa shape index (κ3) is 11.8. The highest BCUT2D eigenvalue weighted by Crippen LogP contribution is 2.04. The molecule has 0 fully saturated rings. The third-order valence-electron chi connectivity index (χ3n) is 4.43. The van der Waals surface area contributed by atoms with E-state index in [1.54, 1.807) is 0 Å². The Hall–Kier alpha value is -3.30. The van der Waals surface area contributed by atoms with Crippen molar-refractivity contribution < 1.29 is 44.1 Å². The molecule has 0 rings (SSSR count). The van der Waals surface area contributed by atoms with Gasteiger partial charge in [0.25, 0.3) is 0 Å². The molecule has 5 atom stereocenters. The molecular formula is C18H32N6O9. The molecule has 33 heavy (non-hydrogen) atoms. The van der Waals surface area contributed by atoms with Gasteiger partial charge in [0, 0.05) is 0 Å². The van der Waals surface area contributed by atoms with Crippen LogP contribution >= 0.6 is 0 Å². The molecule has 5 unspecified atom stereocenters. The van der Waals surface area contributed by atoms with Crippen LogP contribution in [-0.4, -0.2) is 87.7 Å². The Bertz CT molecular complexity index is 730. The average molecular weight is 476 g/mol. The van der Waals surface area contributed by atoms with Gasteiger partial charge >= 0.3 is 11.9 Å². The molecule has 0 aliphatic rings. The molecule has 12 N–H and O–H groups in total. The van der Waals surface area contributed by atoms with Crippen molar-refractivity contribution in [3.05, 3.63) is 0 Å². The number of carbonyl (C=O) groups is 6. The standard InChI is InChI=1S/C18H32N6O9/c1-8(25)14(21)17(31)24-10(6-12(20)26)15(29)23-11(7-13(27)28)16(30)22-9(18(32)33)4-2-3-5-19/h8-11,14,25H,2-7,19,21H2,1H3,(H2,20,26)(H,22,30)(H,23,29)(H,24,31)(H,27,28)(H,32,33). The van der Waals surface area contributed by atoms with E-state index in [1.807, 2.05) is 0 Å². The Morgan fingerprint density at radius 3 is 1.73 bits per heavy atom. The summed E-state index contributed by atoms with van der Waals surface area (Å²) in [6, 6.07) is -6.17. The summed E-state index contributed by atoms with van der Waals surface area (Å²) in [6.45, 7) is 1.52. The fourth-order valence-electron chi connectivity index (χ4n) is 2.58.